The number of hydrogen-bond acceptors (Lipinski definition) is 5. The topological polar surface area (TPSA) is 75.0 Å². The van der Waals surface area contributed by atoms with Crippen molar-refractivity contribution in [2.75, 3.05) is 18.5 Å². The fourth-order valence-corrected chi connectivity index (χ4v) is 1.97. The normalized spacial score (nSPS) is 10.8. The number of benzene rings is 1. The molecular formula is C18H16FN3O2. The molecule has 0 bridgehead atoms. The number of rotatable bonds is 6. The smallest absolute Gasteiger partial charge is 0.331 e. The predicted molar refractivity (Wildman–Crippen MR) is 88.5 cm³/mol. The van der Waals surface area contributed by atoms with Crippen LogP contribution in [0.2, 0.25) is 0 Å². The van der Waals surface area contributed by atoms with Crippen LogP contribution < -0.4 is 5.32 Å². The molecule has 0 unspecified atom stereocenters. The lowest BCUT2D eigenvalue weighted by Gasteiger charge is -2.07. The van der Waals surface area contributed by atoms with Crippen LogP contribution in [0.5, 0.6) is 0 Å². The van der Waals surface area contributed by atoms with Crippen LogP contribution in [0.1, 0.15) is 18.1 Å². The van der Waals surface area contributed by atoms with Gasteiger partial charge in [-0.3, -0.25) is 0 Å². The van der Waals surface area contributed by atoms with E-state index in [1.165, 1.54) is 18.2 Å². The van der Waals surface area contributed by atoms with Crippen LogP contribution >= 0.6 is 0 Å². The quantitative estimate of drug-likeness (QED) is 0.502. The molecule has 0 saturated heterocycles. The minimum atomic E-state index is -0.486. The molecule has 1 aromatic heterocycles. The number of anilines is 1. The number of halogens is 1. The number of allylic oxidation sites excluding steroid dienone is 1. The molecule has 0 aliphatic carbocycles. The predicted octanol–water partition coefficient (Wildman–Crippen LogP) is 3.15. The van der Waals surface area contributed by atoms with E-state index < -0.39 is 5.97 Å². The molecule has 0 saturated carbocycles. The number of nitriles is 1. The summed E-state index contributed by atoms with van der Waals surface area (Å²) >= 11 is 0. The summed E-state index contributed by atoms with van der Waals surface area (Å²) in [6.45, 7) is 2.22. The van der Waals surface area contributed by atoms with Crippen molar-refractivity contribution in [2.45, 2.75) is 6.92 Å². The first-order valence-electron chi connectivity index (χ1n) is 7.30. The Balaban J connectivity index is 1.82. The molecule has 122 valence electrons. The number of aromatic nitrogens is 1. The Morgan fingerprint density at radius 2 is 2.12 bits per heavy atom. The fraction of sp³-hybridized carbons (Fsp3) is 0.167. The van der Waals surface area contributed by atoms with Crippen LogP contribution in [0.15, 0.2) is 48.7 Å². The van der Waals surface area contributed by atoms with E-state index in [9.17, 15) is 9.18 Å². The van der Waals surface area contributed by atoms with Gasteiger partial charge < -0.3 is 10.1 Å². The number of hydrogen-bond donors (Lipinski definition) is 1. The molecular weight excluding hydrogens is 309 g/mol. The SMILES string of the molecule is C/C(=C/C(=O)OCCNc1ncccc1C#N)c1ccc(F)cc1. The highest BCUT2D eigenvalue weighted by molar-refractivity contribution is 5.90. The van der Waals surface area contributed by atoms with Crippen molar-refractivity contribution in [1.82, 2.24) is 4.98 Å². The molecule has 1 aromatic carbocycles. The van der Waals surface area contributed by atoms with E-state index in [1.54, 1.807) is 37.4 Å². The minimum Gasteiger partial charge on any atom is -0.461 e. The molecule has 1 heterocycles. The van der Waals surface area contributed by atoms with Crippen molar-refractivity contribution in [1.29, 1.82) is 5.26 Å². The number of pyridine rings is 1. The molecule has 0 fully saturated rings. The number of nitrogens with one attached hydrogen (secondary N) is 1. The minimum absolute atomic E-state index is 0.132. The lowest BCUT2D eigenvalue weighted by atomic mass is 10.1. The van der Waals surface area contributed by atoms with Gasteiger partial charge in [0, 0.05) is 12.3 Å². The number of carbonyl (C=O) groups is 1. The first-order valence-corrected chi connectivity index (χ1v) is 7.30. The first kappa shape index (κ1) is 17.2. The molecule has 24 heavy (non-hydrogen) atoms. The van der Waals surface area contributed by atoms with Crippen molar-refractivity contribution in [3.05, 3.63) is 65.6 Å². The lowest BCUT2D eigenvalue weighted by Crippen LogP contribution is -2.14. The summed E-state index contributed by atoms with van der Waals surface area (Å²) in [5.41, 5.74) is 1.86. The number of esters is 1. The van der Waals surface area contributed by atoms with Crippen LogP contribution in [0.4, 0.5) is 10.2 Å². The van der Waals surface area contributed by atoms with E-state index in [-0.39, 0.29) is 12.4 Å². The Morgan fingerprint density at radius 1 is 1.38 bits per heavy atom. The summed E-state index contributed by atoms with van der Waals surface area (Å²) in [5.74, 6) is -0.360. The van der Waals surface area contributed by atoms with Crippen LogP contribution in [-0.4, -0.2) is 24.1 Å². The fourth-order valence-electron chi connectivity index (χ4n) is 1.97. The van der Waals surface area contributed by atoms with E-state index in [2.05, 4.69) is 10.3 Å². The van der Waals surface area contributed by atoms with Crippen LogP contribution in [-0.2, 0) is 9.53 Å². The summed E-state index contributed by atoms with van der Waals surface area (Å²) in [4.78, 5) is 15.8. The second kappa shape index (κ2) is 8.44. The highest BCUT2D eigenvalue weighted by Gasteiger charge is 2.04. The molecule has 0 amide bonds. The third-order valence-corrected chi connectivity index (χ3v) is 3.20. The zero-order chi connectivity index (χ0) is 17.4. The highest BCUT2D eigenvalue weighted by atomic mass is 19.1. The zero-order valence-corrected chi connectivity index (χ0v) is 13.1. The molecule has 0 spiro atoms. The molecule has 6 heteroatoms. The van der Waals surface area contributed by atoms with Crippen LogP contribution in [0.3, 0.4) is 0 Å². The summed E-state index contributed by atoms with van der Waals surface area (Å²) in [7, 11) is 0. The standard InChI is InChI=1S/C18H16FN3O2/c1-13(14-4-6-16(19)7-5-14)11-17(23)24-10-9-22-18-15(12-20)3-2-8-21-18/h2-8,11H,9-10H2,1H3,(H,21,22)/b13-11-. The van der Waals surface area contributed by atoms with Crippen molar-refractivity contribution in [3.8, 4) is 6.07 Å². The van der Waals surface area contributed by atoms with Crippen molar-refractivity contribution in [2.24, 2.45) is 0 Å². The summed E-state index contributed by atoms with van der Waals surface area (Å²) < 4.78 is 18.0. The van der Waals surface area contributed by atoms with Gasteiger partial charge in [0.05, 0.1) is 12.1 Å². The molecule has 2 rings (SSSR count). The Hall–Kier alpha value is -3.20. The van der Waals surface area contributed by atoms with E-state index in [4.69, 9.17) is 10.00 Å². The summed E-state index contributed by atoms with van der Waals surface area (Å²) in [6.07, 6.45) is 2.93. The molecule has 0 radical (unpaired) electrons. The van der Waals surface area contributed by atoms with E-state index in [0.29, 0.717) is 23.5 Å². The molecule has 0 atom stereocenters. The van der Waals surface area contributed by atoms with Gasteiger partial charge >= 0.3 is 5.97 Å². The molecule has 0 aliphatic heterocycles. The summed E-state index contributed by atoms with van der Waals surface area (Å²) in [6, 6.07) is 11.2. The van der Waals surface area contributed by atoms with Gasteiger partial charge in [-0.2, -0.15) is 5.26 Å². The van der Waals surface area contributed by atoms with Gasteiger partial charge in [0.2, 0.25) is 0 Å². The average molecular weight is 325 g/mol. The number of ether oxygens (including phenoxy) is 1. The van der Waals surface area contributed by atoms with Gasteiger partial charge in [-0.1, -0.05) is 12.1 Å². The van der Waals surface area contributed by atoms with E-state index in [0.717, 1.165) is 5.56 Å². The second-order valence-corrected chi connectivity index (χ2v) is 4.94. The summed E-state index contributed by atoms with van der Waals surface area (Å²) in [5, 5.41) is 11.9. The Bertz CT molecular complexity index is 780. The van der Waals surface area contributed by atoms with Crippen molar-refractivity contribution in [3.63, 3.8) is 0 Å². The first-order chi connectivity index (χ1) is 11.6. The number of nitrogens with zero attached hydrogens (tertiary/aromatic N) is 2. The molecule has 1 N–H and O–H groups in total. The van der Waals surface area contributed by atoms with Crippen molar-refractivity contribution < 1.29 is 13.9 Å². The van der Waals surface area contributed by atoms with E-state index in [1.807, 2.05) is 6.07 Å². The van der Waals surface area contributed by atoms with Gasteiger partial charge in [0.25, 0.3) is 0 Å². The third kappa shape index (κ3) is 4.92. The zero-order valence-electron chi connectivity index (χ0n) is 13.1. The lowest BCUT2D eigenvalue weighted by molar-refractivity contribution is -0.137. The molecule has 0 aliphatic rings. The number of carbonyl (C=O) groups excluding carboxylic acids is 1. The Labute approximate surface area is 139 Å². The largest absolute Gasteiger partial charge is 0.461 e. The van der Waals surface area contributed by atoms with Gasteiger partial charge in [-0.05, 0) is 42.3 Å². The van der Waals surface area contributed by atoms with Gasteiger partial charge in [-0.15, -0.1) is 0 Å². The maximum Gasteiger partial charge on any atom is 0.331 e. The highest BCUT2D eigenvalue weighted by Crippen LogP contribution is 2.14. The second-order valence-electron chi connectivity index (χ2n) is 4.94. The van der Waals surface area contributed by atoms with Gasteiger partial charge in [-0.25, -0.2) is 14.2 Å². The maximum atomic E-state index is 12.9. The van der Waals surface area contributed by atoms with Crippen LogP contribution in [0.25, 0.3) is 5.57 Å². The van der Waals surface area contributed by atoms with Gasteiger partial charge in [0.1, 0.15) is 24.3 Å². The molecule has 2 aromatic rings. The van der Waals surface area contributed by atoms with E-state index >= 15 is 0 Å². The van der Waals surface area contributed by atoms with Crippen molar-refractivity contribution >= 4 is 17.4 Å². The average Bonchev–Trinajstić information content (AvgIpc) is 2.59. The Morgan fingerprint density at radius 3 is 2.83 bits per heavy atom. The molecule has 5 nitrogen and oxygen atoms in total. The Kier molecular flexibility index (Phi) is 6.03. The third-order valence-electron chi connectivity index (χ3n) is 3.20. The maximum absolute atomic E-state index is 12.9. The monoisotopic (exact) mass is 325 g/mol. The van der Waals surface area contributed by atoms with Crippen LogP contribution in [0, 0.1) is 17.1 Å². The van der Waals surface area contributed by atoms with Gasteiger partial charge in [0.15, 0.2) is 0 Å².